The van der Waals surface area contributed by atoms with Crippen molar-refractivity contribution in [3.8, 4) is 0 Å². The van der Waals surface area contributed by atoms with E-state index in [1.165, 1.54) is 25.5 Å². The largest absolute Gasteiger partial charge is 0.378 e. The van der Waals surface area contributed by atoms with E-state index in [0.29, 0.717) is 17.3 Å². The van der Waals surface area contributed by atoms with Gasteiger partial charge in [0.1, 0.15) is 0 Å². The summed E-state index contributed by atoms with van der Waals surface area (Å²) in [6.45, 7) is 2.76. The maximum absolute atomic E-state index is 11.2. The van der Waals surface area contributed by atoms with Crippen molar-refractivity contribution in [1.29, 1.82) is 0 Å². The first-order valence-electron chi connectivity index (χ1n) is 6.82. The summed E-state index contributed by atoms with van der Waals surface area (Å²) in [5.41, 5.74) is 0.226. The van der Waals surface area contributed by atoms with E-state index in [2.05, 4.69) is 10.3 Å². The Morgan fingerprint density at radius 3 is 2.85 bits per heavy atom. The highest BCUT2D eigenvalue weighted by atomic mass is 32.2. The average molecular weight is 317 g/mol. The Kier molecular flexibility index (Phi) is 3.52. The molecule has 112 valence electrons. The number of nitrogens with zero attached hydrogens (tertiary/aromatic N) is 1. The molecule has 2 saturated carbocycles. The zero-order valence-corrected chi connectivity index (χ0v) is 13.0. The molecule has 0 radical (unpaired) electrons. The molecule has 3 rings (SSSR count). The van der Waals surface area contributed by atoms with E-state index in [-0.39, 0.29) is 9.62 Å². The first-order chi connectivity index (χ1) is 9.45. The van der Waals surface area contributed by atoms with Crippen molar-refractivity contribution in [2.45, 2.75) is 49.0 Å². The predicted molar refractivity (Wildman–Crippen MR) is 77.2 cm³/mol. The van der Waals surface area contributed by atoms with Gasteiger partial charge in [-0.25, -0.2) is 18.5 Å². The standard InChI is InChI=1S/C12H19N3O3S2/c1-2-18-9-6-8(12(9)4-3-5-12)15-11-14-7-10(19-11)20(13,16)17/h7-9H,2-6H2,1H3,(H,14,15)(H2,13,16,17)/t8-,9-/m1/s1. The van der Waals surface area contributed by atoms with Crippen LogP contribution >= 0.6 is 11.3 Å². The molecular weight excluding hydrogens is 298 g/mol. The second kappa shape index (κ2) is 4.94. The molecule has 0 bridgehead atoms. The Bertz CT molecular complexity index is 595. The fourth-order valence-electron chi connectivity index (χ4n) is 3.25. The van der Waals surface area contributed by atoms with Crippen LogP contribution in [0.25, 0.3) is 0 Å². The van der Waals surface area contributed by atoms with Crippen molar-refractivity contribution in [3.63, 3.8) is 0 Å². The number of anilines is 1. The van der Waals surface area contributed by atoms with Gasteiger partial charge in [0.25, 0.3) is 0 Å². The molecule has 2 aliphatic carbocycles. The summed E-state index contributed by atoms with van der Waals surface area (Å²) < 4.78 is 28.4. The normalized spacial score (nSPS) is 27.9. The number of thiazole rings is 1. The van der Waals surface area contributed by atoms with Gasteiger partial charge in [0.05, 0.1) is 12.3 Å². The maximum Gasteiger partial charge on any atom is 0.249 e. The quantitative estimate of drug-likeness (QED) is 0.859. The zero-order chi connectivity index (χ0) is 14.4. The Hall–Kier alpha value is -0.700. The summed E-state index contributed by atoms with van der Waals surface area (Å²) in [7, 11) is -3.65. The maximum atomic E-state index is 11.2. The van der Waals surface area contributed by atoms with E-state index in [1.54, 1.807) is 0 Å². The summed E-state index contributed by atoms with van der Waals surface area (Å²) in [6.07, 6.45) is 6.18. The van der Waals surface area contributed by atoms with Crippen LogP contribution in [-0.4, -0.2) is 32.2 Å². The molecule has 3 N–H and O–H groups in total. The minimum absolute atomic E-state index is 0.100. The average Bonchev–Trinajstić information content (AvgIpc) is 2.73. The number of hydrogen-bond acceptors (Lipinski definition) is 6. The SMILES string of the molecule is CCO[C@@H]1C[C@@H](Nc2ncc(S(N)(=O)=O)s2)C12CCC2. The van der Waals surface area contributed by atoms with Gasteiger partial charge in [0.2, 0.25) is 10.0 Å². The van der Waals surface area contributed by atoms with Crippen LogP contribution < -0.4 is 10.5 Å². The van der Waals surface area contributed by atoms with Crippen molar-refractivity contribution in [3.05, 3.63) is 6.20 Å². The molecule has 0 amide bonds. The van der Waals surface area contributed by atoms with Gasteiger partial charge in [-0.1, -0.05) is 17.8 Å². The second-order valence-electron chi connectivity index (χ2n) is 5.49. The lowest BCUT2D eigenvalue weighted by Gasteiger charge is -2.61. The van der Waals surface area contributed by atoms with E-state index in [9.17, 15) is 8.42 Å². The molecule has 0 aliphatic heterocycles. The van der Waals surface area contributed by atoms with Crippen molar-refractivity contribution >= 4 is 26.5 Å². The molecule has 20 heavy (non-hydrogen) atoms. The first kappa shape index (κ1) is 14.2. The molecule has 2 fully saturated rings. The zero-order valence-electron chi connectivity index (χ0n) is 11.3. The Morgan fingerprint density at radius 2 is 2.35 bits per heavy atom. The molecule has 1 aromatic heterocycles. The number of hydrogen-bond donors (Lipinski definition) is 2. The molecular formula is C12H19N3O3S2. The van der Waals surface area contributed by atoms with Gasteiger partial charge in [0, 0.05) is 18.1 Å². The second-order valence-corrected chi connectivity index (χ2v) is 8.31. The molecule has 1 heterocycles. The number of aromatic nitrogens is 1. The van der Waals surface area contributed by atoms with Crippen LogP contribution in [0.15, 0.2) is 10.4 Å². The van der Waals surface area contributed by atoms with Gasteiger partial charge < -0.3 is 10.1 Å². The van der Waals surface area contributed by atoms with Crippen molar-refractivity contribution < 1.29 is 13.2 Å². The third-order valence-corrected chi connectivity index (χ3v) is 6.84. The number of nitrogens with two attached hydrogens (primary N) is 1. The molecule has 2 aliphatic rings. The van der Waals surface area contributed by atoms with Crippen LogP contribution in [0.1, 0.15) is 32.6 Å². The number of nitrogens with one attached hydrogen (secondary N) is 1. The number of primary sulfonamides is 1. The van der Waals surface area contributed by atoms with Gasteiger partial charge in [-0.15, -0.1) is 0 Å². The van der Waals surface area contributed by atoms with E-state index in [4.69, 9.17) is 9.88 Å². The summed E-state index contributed by atoms with van der Waals surface area (Å²) in [5.74, 6) is 0. The van der Waals surface area contributed by atoms with Crippen molar-refractivity contribution in [2.24, 2.45) is 10.6 Å². The summed E-state index contributed by atoms with van der Waals surface area (Å²) >= 11 is 1.09. The minimum atomic E-state index is -3.65. The number of sulfonamides is 1. The topological polar surface area (TPSA) is 94.3 Å². The highest BCUT2D eigenvalue weighted by molar-refractivity contribution is 7.91. The third-order valence-electron chi connectivity index (χ3n) is 4.50. The number of rotatable bonds is 5. The van der Waals surface area contributed by atoms with Crippen LogP contribution in [0.5, 0.6) is 0 Å². The molecule has 6 nitrogen and oxygen atoms in total. The van der Waals surface area contributed by atoms with Crippen molar-refractivity contribution in [2.75, 3.05) is 11.9 Å². The Morgan fingerprint density at radius 1 is 1.60 bits per heavy atom. The lowest BCUT2D eigenvalue weighted by Crippen LogP contribution is -2.64. The fraction of sp³-hybridized carbons (Fsp3) is 0.750. The molecule has 0 unspecified atom stereocenters. The lowest BCUT2D eigenvalue weighted by atomic mass is 9.51. The molecule has 2 atom stereocenters. The van der Waals surface area contributed by atoms with Gasteiger partial charge in [-0.05, 0) is 26.2 Å². The Balaban J connectivity index is 1.69. The van der Waals surface area contributed by atoms with Gasteiger partial charge in [-0.3, -0.25) is 0 Å². The van der Waals surface area contributed by atoms with Gasteiger partial charge in [0.15, 0.2) is 9.34 Å². The highest BCUT2D eigenvalue weighted by Crippen LogP contribution is 2.58. The Labute approximate surface area is 122 Å². The van der Waals surface area contributed by atoms with E-state index in [0.717, 1.165) is 24.4 Å². The summed E-state index contributed by atoms with van der Waals surface area (Å²) in [6, 6.07) is 0.326. The monoisotopic (exact) mass is 317 g/mol. The van der Waals surface area contributed by atoms with E-state index < -0.39 is 10.0 Å². The first-order valence-corrected chi connectivity index (χ1v) is 9.19. The smallest absolute Gasteiger partial charge is 0.249 e. The third kappa shape index (κ3) is 2.24. The van der Waals surface area contributed by atoms with Crippen LogP contribution in [-0.2, 0) is 14.8 Å². The molecule has 0 aromatic carbocycles. The van der Waals surface area contributed by atoms with Crippen LogP contribution in [0.4, 0.5) is 5.13 Å². The summed E-state index contributed by atoms with van der Waals surface area (Å²) in [4.78, 5) is 4.11. The van der Waals surface area contributed by atoms with E-state index >= 15 is 0 Å². The molecule has 8 heteroatoms. The molecule has 1 spiro atoms. The van der Waals surface area contributed by atoms with Gasteiger partial charge >= 0.3 is 0 Å². The molecule has 1 aromatic rings. The highest BCUT2D eigenvalue weighted by Gasteiger charge is 2.59. The molecule has 0 saturated heterocycles. The predicted octanol–water partition coefficient (Wildman–Crippen LogP) is 1.55. The van der Waals surface area contributed by atoms with Crippen LogP contribution in [0, 0.1) is 5.41 Å². The number of ether oxygens (including phenoxy) is 1. The fourth-order valence-corrected chi connectivity index (χ4v) is 4.75. The van der Waals surface area contributed by atoms with Gasteiger partial charge in [-0.2, -0.15) is 0 Å². The minimum Gasteiger partial charge on any atom is -0.378 e. The lowest BCUT2D eigenvalue weighted by molar-refractivity contribution is -0.157. The summed E-state index contributed by atoms with van der Waals surface area (Å²) in [5, 5.41) is 9.08. The van der Waals surface area contributed by atoms with E-state index in [1.807, 2.05) is 6.92 Å². The van der Waals surface area contributed by atoms with Crippen molar-refractivity contribution in [1.82, 2.24) is 4.98 Å². The van der Waals surface area contributed by atoms with Crippen LogP contribution in [0.3, 0.4) is 0 Å². The van der Waals surface area contributed by atoms with Crippen LogP contribution in [0.2, 0.25) is 0 Å².